The standard InChI is InChI=1S/C30H22BN5/c1-3-11-21(12-4-1)27-19-32-29-31-30-33-20-28(22-13-5-2-6-14-22)35(30)24-16-8-10-18-26(24)36(31)25-17-9-7-15-23(25)34(27)29/h1-20,29,32H. The summed E-state index contributed by atoms with van der Waals surface area (Å²) in [6, 6.07) is 38.5. The fourth-order valence-electron chi connectivity index (χ4n) is 6.00. The van der Waals surface area contributed by atoms with Crippen LogP contribution in [0.1, 0.15) is 5.56 Å². The van der Waals surface area contributed by atoms with Crippen molar-refractivity contribution in [1.29, 1.82) is 0 Å². The van der Waals surface area contributed by atoms with Crippen molar-refractivity contribution < 1.29 is 0 Å². The molecule has 0 fully saturated rings. The molecular weight excluding hydrogens is 441 g/mol. The maximum absolute atomic E-state index is 5.08. The number of benzene rings is 4. The highest BCUT2D eigenvalue weighted by Crippen LogP contribution is 2.48. The van der Waals surface area contributed by atoms with Crippen molar-refractivity contribution in [2.75, 3.05) is 9.71 Å². The van der Waals surface area contributed by atoms with Crippen molar-refractivity contribution in [3.05, 3.63) is 127 Å². The monoisotopic (exact) mass is 463 g/mol. The minimum Gasteiger partial charge on any atom is -0.373 e. The van der Waals surface area contributed by atoms with E-state index in [-0.39, 0.29) is 12.9 Å². The van der Waals surface area contributed by atoms with E-state index in [1.165, 1.54) is 28.3 Å². The second-order valence-corrected chi connectivity index (χ2v) is 9.37. The van der Waals surface area contributed by atoms with Gasteiger partial charge in [-0.3, -0.25) is 4.57 Å². The summed E-state index contributed by atoms with van der Waals surface area (Å²) >= 11 is 0. The highest BCUT2D eigenvalue weighted by atomic mass is 15.4. The first-order valence-electron chi connectivity index (χ1n) is 12.3. The third-order valence-electron chi connectivity index (χ3n) is 7.48. The van der Waals surface area contributed by atoms with Crippen LogP contribution in [0.3, 0.4) is 0 Å². The minimum atomic E-state index is -0.0234. The number of para-hydroxylation sites is 4. The van der Waals surface area contributed by atoms with Gasteiger partial charge in [-0.1, -0.05) is 84.9 Å². The molecular formula is C30H22BN5. The van der Waals surface area contributed by atoms with Gasteiger partial charge >= 0.3 is 6.85 Å². The highest BCUT2D eigenvalue weighted by Gasteiger charge is 2.52. The molecule has 0 spiro atoms. The molecule has 170 valence electrons. The van der Waals surface area contributed by atoms with Crippen LogP contribution in [0.5, 0.6) is 0 Å². The van der Waals surface area contributed by atoms with E-state index in [1.807, 2.05) is 6.20 Å². The zero-order chi connectivity index (χ0) is 23.6. The summed E-state index contributed by atoms with van der Waals surface area (Å²) in [5.74, 6) is 0. The molecule has 1 aromatic heterocycles. The van der Waals surface area contributed by atoms with Crippen molar-refractivity contribution in [3.8, 4) is 16.9 Å². The fraction of sp³-hybridized carbons (Fsp3) is 0.0333. The van der Waals surface area contributed by atoms with E-state index in [4.69, 9.17) is 4.98 Å². The molecule has 1 unspecified atom stereocenters. The Bertz CT molecular complexity index is 1640. The summed E-state index contributed by atoms with van der Waals surface area (Å²) < 4.78 is 2.35. The average molecular weight is 463 g/mol. The Morgan fingerprint density at radius 2 is 1.22 bits per heavy atom. The third-order valence-corrected chi connectivity index (χ3v) is 7.48. The Hall–Kier alpha value is -4.71. The first-order chi connectivity index (χ1) is 17.9. The summed E-state index contributed by atoms with van der Waals surface area (Å²) in [5.41, 5.74) is 10.4. The quantitative estimate of drug-likeness (QED) is 0.366. The number of nitrogens with zero attached hydrogens (tertiary/aromatic N) is 4. The number of hydrogen-bond acceptors (Lipinski definition) is 4. The van der Waals surface area contributed by atoms with Crippen LogP contribution < -0.4 is 20.8 Å². The van der Waals surface area contributed by atoms with Gasteiger partial charge in [-0.2, -0.15) is 0 Å². The maximum atomic E-state index is 5.08. The van der Waals surface area contributed by atoms with E-state index in [1.54, 1.807) is 0 Å². The molecule has 0 bridgehead atoms. The molecule has 0 radical (unpaired) electrons. The Kier molecular flexibility index (Phi) is 4.02. The lowest BCUT2D eigenvalue weighted by atomic mass is 9.52. The first-order valence-corrected chi connectivity index (χ1v) is 12.3. The van der Waals surface area contributed by atoms with Crippen LogP contribution >= 0.6 is 0 Å². The molecule has 3 aliphatic rings. The molecule has 5 nitrogen and oxygen atoms in total. The van der Waals surface area contributed by atoms with E-state index in [0.29, 0.717) is 0 Å². The molecule has 6 heteroatoms. The normalized spacial score (nSPS) is 16.8. The zero-order valence-corrected chi connectivity index (χ0v) is 19.5. The van der Waals surface area contributed by atoms with Gasteiger partial charge in [0.2, 0.25) is 0 Å². The first kappa shape index (κ1) is 19.6. The molecule has 0 aliphatic carbocycles. The molecule has 1 atom stereocenters. The van der Waals surface area contributed by atoms with Crippen LogP contribution in [0, 0.1) is 0 Å². The van der Waals surface area contributed by atoms with Crippen LogP contribution in [0.15, 0.2) is 122 Å². The molecule has 4 heterocycles. The lowest BCUT2D eigenvalue weighted by Gasteiger charge is -2.48. The predicted octanol–water partition coefficient (Wildman–Crippen LogP) is 5.18. The molecule has 5 aromatic rings. The van der Waals surface area contributed by atoms with Crippen molar-refractivity contribution in [1.82, 2.24) is 14.9 Å². The van der Waals surface area contributed by atoms with Gasteiger partial charge in [0.15, 0.2) is 0 Å². The summed E-state index contributed by atoms with van der Waals surface area (Å²) in [5, 5.41) is 3.74. The van der Waals surface area contributed by atoms with Gasteiger partial charge in [-0.15, -0.1) is 0 Å². The van der Waals surface area contributed by atoms with Crippen LogP contribution in [0.4, 0.5) is 17.1 Å². The molecule has 0 saturated carbocycles. The van der Waals surface area contributed by atoms with E-state index in [2.05, 4.69) is 135 Å². The molecule has 0 saturated heterocycles. The predicted molar refractivity (Wildman–Crippen MR) is 147 cm³/mol. The zero-order valence-electron chi connectivity index (χ0n) is 19.5. The lowest BCUT2D eigenvalue weighted by molar-refractivity contribution is 0.785. The Balaban J connectivity index is 1.38. The topological polar surface area (TPSA) is 36.3 Å². The minimum absolute atomic E-state index is 0.00626. The van der Waals surface area contributed by atoms with E-state index >= 15 is 0 Å². The van der Waals surface area contributed by atoms with Crippen molar-refractivity contribution in [3.63, 3.8) is 0 Å². The van der Waals surface area contributed by atoms with Gasteiger partial charge in [0.05, 0.1) is 40.3 Å². The average Bonchev–Trinajstić information content (AvgIpc) is 3.60. The number of nitrogens with one attached hydrogen (secondary N) is 1. The second kappa shape index (κ2) is 7.39. The molecule has 4 aromatic carbocycles. The maximum Gasteiger partial charge on any atom is 0.383 e. The molecule has 0 amide bonds. The smallest absolute Gasteiger partial charge is 0.373 e. The van der Waals surface area contributed by atoms with E-state index in [9.17, 15) is 0 Å². The van der Waals surface area contributed by atoms with Crippen LogP contribution in [-0.4, -0.2) is 22.5 Å². The summed E-state index contributed by atoms with van der Waals surface area (Å²) in [6.45, 7) is -0.0234. The number of fused-ring (bicyclic) bond motifs is 11. The number of imidazole rings is 1. The Morgan fingerprint density at radius 3 is 1.94 bits per heavy atom. The van der Waals surface area contributed by atoms with E-state index < -0.39 is 0 Å². The molecule has 3 aliphatic heterocycles. The van der Waals surface area contributed by atoms with Gasteiger partial charge in [0.1, 0.15) is 11.8 Å². The Morgan fingerprint density at radius 1 is 0.639 bits per heavy atom. The SMILES string of the molecule is C1=C(c2ccccc2)N2c3ccccc3N3B(c4ncc(-c5ccccc5)n4-c4ccccc43)C2N1. The third kappa shape index (κ3) is 2.58. The number of anilines is 3. The van der Waals surface area contributed by atoms with Crippen LogP contribution in [0.2, 0.25) is 0 Å². The van der Waals surface area contributed by atoms with Crippen molar-refractivity contribution >= 4 is 35.3 Å². The fourth-order valence-corrected chi connectivity index (χ4v) is 6.00. The van der Waals surface area contributed by atoms with Gasteiger partial charge in [-0.05, 0) is 29.8 Å². The lowest BCUT2D eigenvalue weighted by Crippen LogP contribution is -2.69. The number of hydrogen-bond donors (Lipinski definition) is 1. The summed E-state index contributed by atoms with van der Waals surface area (Å²) in [7, 11) is 0. The molecule has 1 N–H and O–H groups in total. The van der Waals surface area contributed by atoms with Crippen molar-refractivity contribution in [2.24, 2.45) is 0 Å². The highest BCUT2D eigenvalue weighted by molar-refractivity contribution is 6.80. The second-order valence-electron chi connectivity index (χ2n) is 9.37. The van der Waals surface area contributed by atoms with Crippen molar-refractivity contribution in [2.45, 2.75) is 6.07 Å². The van der Waals surface area contributed by atoms with E-state index in [0.717, 1.165) is 22.7 Å². The summed E-state index contributed by atoms with van der Waals surface area (Å²) in [4.78, 5) is 9.99. The van der Waals surface area contributed by atoms with Gasteiger partial charge in [0, 0.05) is 11.8 Å². The van der Waals surface area contributed by atoms with Crippen LogP contribution in [0.25, 0.3) is 22.6 Å². The van der Waals surface area contributed by atoms with Crippen LogP contribution in [-0.2, 0) is 0 Å². The molecule has 36 heavy (non-hydrogen) atoms. The van der Waals surface area contributed by atoms with Gasteiger partial charge in [-0.25, -0.2) is 4.98 Å². The van der Waals surface area contributed by atoms with Gasteiger partial charge < -0.3 is 15.0 Å². The molecule has 8 rings (SSSR count). The number of aromatic nitrogens is 2. The summed E-state index contributed by atoms with van der Waals surface area (Å²) in [6.07, 6.45) is 4.18. The largest absolute Gasteiger partial charge is 0.383 e. The van der Waals surface area contributed by atoms with Gasteiger partial charge in [0.25, 0.3) is 0 Å². The Labute approximate surface area is 210 Å². The number of rotatable bonds is 2.